The molecule has 0 N–H and O–H groups in total. The van der Waals surface area contributed by atoms with E-state index in [0.29, 0.717) is 23.8 Å². The fourth-order valence-electron chi connectivity index (χ4n) is 3.93. The summed E-state index contributed by atoms with van der Waals surface area (Å²) in [4.78, 5) is 7.10. The summed E-state index contributed by atoms with van der Waals surface area (Å²) in [7, 11) is 4.96. The van der Waals surface area contributed by atoms with Crippen molar-refractivity contribution in [1.29, 1.82) is 0 Å². The highest BCUT2D eigenvalue weighted by atomic mass is 79.9. The Morgan fingerprint density at radius 3 is 2.26 bits per heavy atom. The maximum absolute atomic E-state index is 5.76. The standard InChI is InChI=1S/C24H27BrN2O4/c1-28-20(16-6-8-18(9-7-16)27-10-4-5-11-27)14-23-26-19(15-31-23)17-12-21(29-2)24(25)22(13-17)30-3/h6-9,12-13,15,20H,4-5,10-11,14H2,1-3H3. The van der Waals surface area contributed by atoms with Crippen LogP contribution in [0.2, 0.25) is 0 Å². The molecule has 1 saturated heterocycles. The summed E-state index contributed by atoms with van der Waals surface area (Å²) >= 11 is 3.49. The van der Waals surface area contributed by atoms with Crippen LogP contribution < -0.4 is 14.4 Å². The van der Waals surface area contributed by atoms with Crippen LogP contribution in [0.1, 0.15) is 30.4 Å². The van der Waals surface area contributed by atoms with Crippen LogP contribution in [0, 0.1) is 0 Å². The van der Waals surface area contributed by atoms with E-state index in [1.54, 1.807) is 27.6 Å². The minimum atomic E-state index is -0.131. The van der Waals surface area contributed by atoms with Gasteiger partial charge in [-0.3, -0.25) is 0 Å². The van der Waals surface area contributed by atoms with Crippen molar-refractivity contribution in [3.63, 3.8) is 0 Å². The van der Waals surface area contributed by atoms with Crippen molar-refractivity contribution in [2.75, 3.05) is 39.3 Å². The minimum Gasteiger partial charge on any atom is -0.495 e. The summed E-state index contributed by atoms with van der Waals surface area (Å²) in [6.07, 6.45) is 4.61. The number of nitrogens with zero attached hydrogens (tertiary/aromatic N) is 2. The van der Waals surface area contributed by atoms with Crippen LogP contribution in [0.4, 0.5) is 5.69 Å². The number of methoxy groups -OCH3 is 3. The number of oxazole rings is 1. The van der Waals surface area contributed by atoms with Gasteiger partial charge in [-0.25, -0.2) is 4.98 Å². The summed E-state index contributed by atoms with van der Waals surface area (Å²) in [5.41, 5.74) is 3.96. The molecular formula is C24H27BrN2O4. The summed E-state index contributed by atoms with van der Waals surface area (Å²) in [5.74, 6) is 1.96. The number of ether oxygens (including phenoxy) is 3. The second kappa shape index (κ2) is 9.75. The van der Waals surface area contributed by atoms with Crippen LogP contribution in [-0.4, -0.2) is 39.4 Å². The van der Waals surface area contributed by atoms with E-state index in [0.717, 1.165) is 34.4 Å². The molecule has 1 atom stereocenters. The lowest BCUT2D eigenvalue weighted by atomic mass is 10.1. The molecule has 0 radical (unpaired) electrons. The molecule has 3 aromatic rings. The van der Waals surface area contributed by atoms with Crippen LogP contribution in [-0.2, 0) is 11.2 Å². The van der Waals surface area contributed by atoms with E-state index in [-0.39, 0.29) is 6.10 Å². The number of aromatic nitrogens is 1. The lowest BCUT2D eigenvalue weighted by Gasteiger charge is -2.19. The fourth-order valence-corrected chi connectivity index (χ4v) is 4.48. The number of hydrogen-bond donors (Lipinski definition) is 0. The topological polar surface area (TPSA) is 57.0 Å². The van der Waals surface area contributed by atoms with Gasteiger partial charge in [0.1, 0.15) is 27.9 Å². The maximum atomic E-state index is 5.76. The van der Waals surface area contributed by atoms with Crippen LogP contribution in [0.5, 0.6) is 11.5 Å². The molecular weight excluding hydrogens is 460 g/mol. The Balaban J connectivity index is 1.51. The van der Waals surface area contributed by atoms with Crippen molar-refractivity contribution < 1.29 is 18.6 Å². The number of rotatable bonds is 8. The van der Waals surface area contributed by atoms with Gasteiger partial charge in [-0.15, -0.1) is 0 Å². The average molecular weight is 487 g/mol. The zero-order chi connectivity index (χ0) is 21.8. The summed E-state index contributed by atoms with van der Waals surface area (Å²) in [6, 6.07) is 12.4. The zero-order valence-electron chi connectivity index (χ0n) is 18.1. The molecule has 2 aromatic carbocycles. The first kappa shape index (κ1) is 21.7. The van der Waals surface area contributed by atoms with Gasteiger partial charge in [0.2, 0.25) is 0 Å². The van der Waals surface area contributed by atoms with E-state index in [1.807, 2.05) is 12.1 Å². The van der Waals surface area contributed by atoms with Gasteiger partial charge in [0.25, 0.3) is 0 Å². The van der Waals surface area contributed by atoms with Crippen molar-refractivity contribution in [2.24, 2.45) is 0 Å². The zero-order valence-corrected chi connectivity index (χ0v) is 19.6. The minimum absolute atomic E-state index is 0.131. The Bertz CT molecular complexity index is 988. The summed E-state index contributed by atoms with van der Waals surface area (Å²) in [6.45, 7) is 2.27. The van der Waals surface area contributed by atoms with Crippen molar-refractivity contribution in [3.05, 3.63) is 58.6 Å². The fraction of sp³-hybridized carbons (Fsp3) is 0.375. The van der Waals surface area contributed by atoms with Crippen molar-refractivity contribution in [1.82, 2.24) is 4.98 Å². The van der Waals surface area contributed by atoms with E-state index in [4.69, 9.17) is 18.6 Å². The average Bonchev–Trinajstić information content (AvgIpc) is 3.50. The molecule has 6 nitrogen and oxygen atoms in total. The molecule has 0 saturated carbocycles. The predicted octanol–water partition coefficient (Wildman–Crippen LogP) is 5.65. The van der Waals surface area contributed by atoms with Gasteiger partial charge >= 0.3 is 0 Å². The normalized spacial score (nSPS) is 14.6. The second-order valence-corrected chi connectivity index (χ2v) is 8.33. The smallest absolute Gasteiger partial charge is 0.197 e. The van der Waals surface area contributed by atoms with Gasteiger partial charge in [-0.2, -0.15) is 0 Å². The second-order valence-electron chi connectivity index (χ2n) is 7.54. The van der Waals surface area contributed by atoms with Crippen LogP contribution in [0.25, 0.3) is 11.3 Å². The molecule has 1 aliphatic heterocycles. The molecule has 1 fully saturated rings. The predicted molar refractivity (Wildman–Crippen MR) is 124 cm³/mol. The molecule has 31 heavy (non-hydrogen) atoms. The van der Waals surface area contributed by atoms with Crippen LogP contribution in [0.3, 0.4) is 0 Å². The molecule has 7 heteroatoms. The van der Waals surface area contributed by atoms with Gasteiger partial charge in [0, 0.05) is 31.5 Å². The monoisotopic (exact) mass is 486 g/mol. The highest BCUT2D eigenvalue weighted by molar-refractivity contribution is 9.10. The van der Waals surface area contributed by atoms with Gasteiger partial charge < -0.3 is 23.5 Å². The number of hydrogen-bond acceptors (Lipinski definition) is 6. The largest absolute Gasteiger partial charge is 0.495 e. The Kier molecular flexibility index (Phi) is 6.83. The lowest BCUT2D eigenvalue weighted by Crippen LogP contribution is -2.17. The van der Waals surface area contributed by atoms with E-state index in [2.05, 4.69) is 50.1 Å². The van der Waals surface area contributed by atoms with Gasteiger partial charge in [-0.05, 0) is 58.6 Å². The third-order valence-electron chi connectivity index (χ3n) is 5.67. The van der Waals surface area contributed by atoms with Crippen molar-refractivity contribution in [3.8, 4) is 22.8 Å². The number of anilines is 1. The van der Waals surface area contributed by atoms with Crippen LogP contribution >= 0.6 is 15.9 Å². The van der Waals surface area contributed by atoms with E-state index < -0.39 is 0 Å². The van der Waals surface area contributed by atoms with Crippen molar-refractivity contribution in [2.45, 2.75) is 25.4 Å². The van der Waals surface area contributed by atoms with Crippen LogP contribution in [0.15, 0.2) is 51.6 Å². The first-order chi connectivity index (χ1) is 15.1. The van der Waals surface area contributed by atoms with E-state index in [9.17, 15) is 0 Å². The number of benzene rings is 2. The Hall–Kier alpha value is -2.51. The molecule has 2 heterocycles. The Labute approximate surface area is 191 Å². The molecule has 0 amide bonds. The Morgan fingerprint density at radius 1 is 1.03 bits per heavy atom. The summed E-state index contributed by atoms with van der Waals surface area (Å²) < 4.78 is 23.1. The molecule has 4 rings (SSSR count). The Morgan fingerprint density at radius 2 is 1.68 bits per heavy atom. The van der Waals surface area contributed by atoms with E-state index >= 15 is 0 Å². The van der Waals surface area contributed by atoms with E-state index in [1.165, 1.54) is 18.5 Å². The van der Waals surface area contributed by atoms with Gasteiger partial charge in [0.15, 0.2) is 5.89 Å². The molecule has 164 valence electrons. The molecule has 1 unspecified atom stereocenters. The molecule has 0 bridgehead atoms. The number of halogens is 1. The van der Waals surface area contributed by atoms with Gasteiger partial charge in [0.05, 0.1) is 26.7 Å². The first-order valence-electron chi connectivity index (χ1n) is 10.4. The molecule has 0 spiro atoms. The molecule has 1 aliphatic rings. The molecule has 0 aliphatic carbocycles. The lowest BCUT2D eigenvalue weighted by molar-refractivity contribution is 0.0974. The maximum Gasteiger partial charge on any atom is 0.197 e. The van der Waals surface area contributed by atoms with Gasteiger partial charge in [-0.1, -0.05) is 12.1 Å². The SMILES string of the molecule is COc1cc(-c2coc(CC(OC)c3ccc(N4CCCC4)cc3)n2)cc(OC)c1Br. The van der Waals surface area contributed by atoms with Crippen molar-refractivity contribution >= 4 is 21.6 Å². The first-order valence-corrected chi connectivity index (χ1v) is 11.2. The third kappa shape index (κ3) is 4.72. The molecule has 1 aromatic heterocycles. The highest BCUT2D eigenvalue weighted by Crippen LogP contribution is 2.39. The highest BCUT2D eigenvalue weighted by Gasteiger charge is 2.19. The third-order valence-corrected chi connectivity index (χ3v) is 6.46. The summed E-state index contributed by atoms with van der Waals surface area (Å²) in [5, 5.41) is 0. The quantitative estimate of drug-likeness (QED) is 0.409.